The summed E-state index contributed by atoms with van der Waals surface area (Å²) in [5.74, 6) is -1.13. The minimum atomic E-state index is -4.71. The number of carbonyl (C=O) groups excluding carboxylic acids is 1. The third-order valence-electron chi connectivity index (χ3n) is 9.74. The zero-order valence-corrected chi connectivity index (χ0v) is 29.2. The second kappa shape index (κ2) is 15.5. The van der Waals surface area contributed by atoms with Crippen LogP contribution in [0.15, 0.2) is 71.7 Å². The van der Waals surface area contributed by atoms with Crippen LogP contribution in [0.25, 0.3) is 11.3 Å². The number of carbonyl (C=O) groups is 1. The lowest BCUT2D eigenvalue weighted by Crippen LogP contribution is -2.55. The Labute approximate surface area is 298 Å². The van der Waals surface area contributed by atoms with Crippen molar-refractivity contribution in [1.82, 2.24) is 29.9 Å². The number of halogens is 5. The van der Waals surface area contributed by atoms with Crippen LogP contribution >= 0.6 is 0 Å². The van der Waals surface area contributed by atoms with Crippen LogP contribution in [0.2, 0.25) is 0 Å². The molecule has 2 unspecified atom stereocenters. The third kappa shape index (κ3) is 8.67. The average molecular weight is 725 g/mol. The van der Waals surface area contributed by atoms with Crippen LogP contribution in [0.5, 0.6) is 11.5 Å². The minimum absolute atomic E-state index is 0.0178. The van der Waals surface area contributed by atoms with E-state index in [9.17, 15) is 27.2 Å². The van der Waals surface area contributed by atoms with Crippen molar-refractivity contribution in [3.63, 3.8) is 0 Å². The monoisotopic (exact) mass is 724 g/mol. The maximum absolute atomic E-state index is 15.7. The summed E-state index contributed by atoms with van der Waals surface area (Å²) in [4.78, 5) is 30.2. The van der Waals surface area contributed by atoms with E-state index in [0.29, 0.717) is 56.2 Å². The number of pyridine rings is 1. The Morgan fingerprint density at radius 1 is 0.981 bits per heavy atom. The van der Waals surface area contributed by atoms with Gasteiger partial charge < -0.3 is 19.5 Å². The smallest absolute Gasteiger partial charge is 0.417 e. The number of hydrogen-bond acceptors (Lipinski definition) is 7. The van der Waals surface area contributed by atoms with E-state index in [1.165, 1.54) is 6.07 Å². The first-order valence-electron chi connectivity index (χ1n) is 17.3. The summed E-state index contributed by atoms with van der Waals surface area (Å²) in [6, 6.07) is 13.7. The van der Waals surface area contributed by atoms with Crippen molar-refractivity contribution in [3.8, 4) is 22.8 Å². The van der Waals surface area contributed by atoms with Gasteiger partial charge in [-0.3, -0.25) is 14.5 Å². The summed E-state index contributed by atoms with van der Waals surface area (Å²) in [7, 11) is 1.90. The zero-order chi connectivity index (χ0) is 37.2. The molecule has 14 heteroatoms. The lowest BCUT2D eigenvalue weighted by Gasteiger charge is -2.42. The van der Waals surface area contributed by atoms with Crippen molar-refractivity contribution in [1.29, 1.82) is 0 Å². The molecule has 2 atom stereocenters. The molecule has 9 nitrogen and oxygen atoms in total. The van der Waals surface area contributed by atoms with Gasteiger partial charge in [0.1, 0.15) is 23.5 Å². The molecule has 52 heavy (non-hydrogen) atoms. The van der Waals surface area contributed by atoms with Gasteiger partial charge in [-0.1, -0.05) is 13.8 Å². The van der Waals surface area contributed by atoms with Gasteiger partial charge in [0.2, 0.25) is 0 Å². The van der Waals surface area contributed by atoms with Crippen LogP contribution in [0.1, 0.15) is 66.2 Å². The molecule has 2 aromatic heterocycles. The maximum atomic E-state index is 15.7. The van der Waals surface area contributed by atoms with Gasteiger partial charge in [0, 0.05) is 55.1 Å². The van der Waals surface area contributed by atoms with Crippen molar-refractivity contribution in [2.45, 2.75) is 70.0 Å². The first-order chi connectivity index (χ1) is 24.7. The zero-order valence-electron chi connectivity index (χ0n) is 29.2. The second-order valence-electron chi connectivity index (χ2n) is 13.9. The fourth-order valence-corrected chi connectivity index (χ4v) is 6.71. The third-order valence-corrected chi connectivity index (χ3v) is 9.74. The van der Waals surface area contributed by atoms with Crippen LogP contribution in [0.4, 0.5) is 22.0 Å². The van der Waals surface area contributed by atoms with Gasteiger partial charge >= 0.3 is 6.18 Å². The first-order valence-corrected chi connectivity index (χ1v) is 17.3. The van der Waals surface area contributed by atoms with Crippen molar-refractivity contribution >= 4 is 5.91 Å². The SMILES string of the molecule is CC(C)c1ccc(-c2ccc(Oc3cc(C(=O)NC4CCN(C5CCN(C)CC5F)CC4)c(F)cc3Cn3cc(C(F)(F)F)ccc3=O)cc2)nn1. The fourth-order valence-electron chi connectivity index (χ4n) is 6.71. The van der Waals surface area contributed by atoms with E-state index in [0.717, 1.165) is 40.9 Å². The quantitative estimate of drug-likeness (QED) is 0.193. The molecule has 1 N–H and O–H groups in total. The van der Waals surface area contributed by atoms with E-state index in [4.69, 9.17) is 4.74 Å². The summed E-state index contributed by atoms with van der Waals surface area (Å²) in [6.45, 7) is 5.94. The summed E-state index contributed by atoms with van der Waals surface area (Å²) in [6.07, 6.45) is -3.16. The number of hydrogen-bond donors (Lipinski definition) is 1. The highest BCUT2D eigenvalue weighted by atomic mass is 19.4. The summed E-state index contributed by atoms with van der Waals surface area (Å²) >= 11 is 0. The largest absolute Gasteiger partial charge is 0.457 e. The second-order valence-corrected chi connectivity index (χ2v) is 13.9. The molecule has 4 heterocycles. The number of alkyl halides is 4. The normalized spacial score (nSPS) is 19.2. The van der Waals surface area contributed by atoms with Gasteiger partial charge in [-0.25, -0.2) is 8.78 Å². The number of piperidine rings is 2. The molecule has 4 aromatic rings. The lowest BCUT2D eigenvalue weighted by atomic mass is 9.96. The van der Waals surface area contributed by atoms with Crippen molar-refractivity contribution in [3.05, 3.63) is 105 Å². The predicted molar refractivity (Wildman–Crippen MR) is 186 cm³/mol. The molecule has 2 fully saturated rings. The summed E-state index contributed by atoms with van der Waals surface area (Å²) in [5, 5.41) is 11.4. The van der Waals surface area contributed by atoms with E-state index >= 15 is 4.39 Å². The Bertz CT molecular complexity index is 1930. The molecule has 0 bridgehead atoms. The van der Waals surface area contributed by atoms with E-state index in [1.807, 2.05) is 37.9 Å². The molecular weight excluding hydrogens is 683 g/mol. The van der Waals surface area contributed by atoms with Crippen LogP contribution in [0, 0.1) is 5.82 Å². The van der Waals surface area contributed by atoms with E-state index in [1.54, 1.807) is 24.3 Å². The summed E-state index contributed by atoms with van der Waals surface area (Å²) in [5.41, 5.74) is 0.156. The Morgan fingerprint density at radius 2 is 1.71 bits per heavy atom. The van der Waals surface area contributed by atoms with E-state index < -0.39 is 41.7 Å². The molecule has 0 radical (unpaired) electrons. The lowest BCUT2D eigenvalue weighted by molar-refractivity contribution is -0.138. The van der Waals surface area contributed by atoms with Crippen LogP contribution < -0.4 is 15.6 Å². The highest BCUT2D eigenvalue weighted by Gasteiger charge is 2.35. The molecule has 0 aliphatic carbocycles. The molecule has 276 valence electrons. The Morgan fingerprint density at radius 3 is 2.35 bits per heavy atom. The number of nitrogens with one attached hydrogen (secondary N) is 1. The van der Waals surface area contributed by atoms with Crippen LogP contribution in [0.3, 0.4) is 0 Å². The van der Waals surface area contributed by atoms with Crippen molar-refractivity contribution < 1.29 is 31.5 Å². The maximum Gasteiger partial charge on any atom is 0.417 e. The first kappa shape index (κ1) is 37.1. The number of benzene rings is 2. The molecule has 0 saturated carbocycles. The fraction of sp³-hybridized carbons (Fsp3) is 0.421. The topological polar surface area (TPSA) is 92.6 Å². The van der Waals surface area contributed by atoms with Crippen molar-refractivity contribution in [2.24, 2.45) is 0 Å². The molecule has 1 amide bonds. The van der Waals surface area contributed by atoms with Crippen LogP contribution in [-0.2, 0) is 12.7 Å². The van der Waals surface area contributed by atoms with Gasteiger partial charge in [-0.2, -0.15) is 23.4 Å². The molecule has 2 saturated heterocycles. The Balaban J connectivity index is 1.23. The van der Waals surface area contributed by atoms with E-state index in [2.05, 4.69) is 20.4 Å². The number of nitrogens with zero attached hydrogens (tertiary/aromatic N) is 5. The number of aromatic nitrogens is 3. The number of ether oxygens (including phenoxy) is 1. The standard InChI is InChI=1S/C38H41F5N6O3/c1-23(2)32-9-10-33(46-45-32)24-4-7-28(8-5-24)52-35-19-29(30(39)18-25(35)20-49-21-26(38(41,42)43)6-11-36(49)50)37(51)44-27-12-16-48(17-13-27)34-14-15-47(3)22-31(34)40/h4-11,18-19,21,23,27,31,34H,12-17,20,22H2,1-3H3,(H,44,51). The highest BCUT2D eigenvalue weighted by Crippen LogP contribution is 2.32. The Hall–Kier alpha value is -4.69. The molecule has 2 aliphatic heterocycles. The van der Waals surface area contributed by atoms with E-state index in [-0.39, 0.29) is 34.9 Å². The van der Waals surface area contributed by atoms with Gasteiger partial charge in [-0.05, 0) is 93.4 Å². The molecule has 6 rings (SSSR count). The molecule has 0 spiro atoms. The predicted octanol–water partition coefficient (Wildman–Crippen LogP) is 6.66. The van der Waals surface area contributed by atoms with Crippen molar-refractivity contribution in [2.75, 3.05) is 33.2 Å². The number of rotatable bonds is 9. The molecule has 2 aromatic carbocycles. The average Bonchev–Trinajstić information content (AvgIpc) is 3.10. The Kier molecular flexibility index (Phi) is 11.1. The van der Waals surface area contributed by atoms with Gasteiger partial charge in [0.05, 0.1) is 29.1 Å². The van der Waals surface area contributed by atoms with Crippen LogP contribution in [-0.4, -0.2) is 82.0 Å². The van der Waals surface area contributed by atoms with Gasteiger partial charge in [-0.15, -0.1) is 0 Å². The van der Waals surface area contributed by atoms with Gasteiger partial charge in [0.15, 0.2) is 0 Å². The minimum Gasteiger partial charge on any atom is -0.457 e. The number of amides is 1. The summed E-state index contributed by atoms with van der Waals surface area (Å²) < 4.78 is 77.9. The number of likely N-dealkylation sites (tertiary alicyclic amines) is 2. The highest BCUT2D eigenvalue weighted by molar-refractivity contribution is 5.95. The molecular formula is C38H41F5N6O3. The molecule has 2 aliphatic rings. The van der Waals surface area contributed by atoms with Gasteiger partial charge in [0.25, 0.3) is 11.5 Å².